The number of fused-ring (bicyclic) bond motifs is 3. The van der Waals surface area contributed by atoms with Crippen molar-refractivity contribution in [2.75, 3.05) is 0 Å². The molecule has 4 heterocycles. The van der Waals surface area contributed by atoms with Crippen molar-refractivity contribution in [3.8, 4) is 0 Å². The van der Waals surface area contributed by atoms with Crippen LogP contribution in [0.2, 0.25) is 0 Å². The quantitative estimate of drug-likeness (QED) is 0.596. The molecule has 0 aromatic carbocycles. The highest BCUT2D eigenvalue weighted by Crippen LogP contribution is 2.73. The SMILES string of the molecule is CC12O[C@H]3C[C@@H](O1)[C@]1(C=O)C4C(O)C(=O)[C@]5(C)C(c6ccc(=O)oc6)CC[C@]5(O)C4CC[C@@]1(C3)O2. The van der Waals surface area contributed by atoms with Crippen LogP contribution in [0.25, 0.3) is 0 Å². The lowest BCUT2D eigenvalue weighted by molar-refractivity contribution is -0.542. The van der Waals surface area contributed by atoms with Gasteiger partial charge in [0.2, 0.25) is 0 Å². The lowest BCUT2D eigenvalue weighted by Gasteiger charge is -2.73. The van der Waals surface area contributed by atoms with Crippen molar-refractivity contribution in [1.82, 2.24) is 0 Å². The average Bonchev–Trinajstić information content (AvgIpc) is 3.09. The van der Waals surface area contributed by atoms with E-state index in [2.05, 4.69) is 0 Å². The maximum Gasteiger partial charge on any atom is 0.335 e. The van der Waals surface area contributed by atoms with Gasteiger partial charge in [-0.1, -0.05) is 0 Å². The molecule has 0 radical (unpaired) electrons. The zero-order valence-corrected chi connectivity index (χ0v) is 19.8. The lowest BCUT2D eigenvalue weighted by Crippen LogP contribution is -2.83. The highest BCUT2D eigenvalue weighted by atomic mass is 16.9. The number of Topliss-reactive ketones (excluding diaryl/α,β-unsaturated/α-hetero) is 1. The minimum Gasteiger partial charge on any atom is -0.431 e. The van der Waals surface area contributed by atoms with Crippen molar-refractivity contribution in [2.24, 2.45) is 22.7 Å². The van der Waals surface area contributed by atoms with Gasteiger partial charge in [-0.3, -0.25) is 4.79 Å². The molecular weight excluding hydrogens is 456 g/mol. The maximum atomic E-state index is 14.1. The first-order chi connectivity index (χ1) is 16.5. The van der Waals surface area contributed by atoms with E-state index in [1.54, 1.807) is 19.9 Å². The van der Waals surface area contributed by atoms with E-state index >= 15 is 0 Å². The molecule has 2 N–H and O–H groups in total. The molecule has 4 bridgehead atoms. The van der Waals surface area contributed by atoms with E-state index in [9.17, 15) is 24.6 Å². The number of hydrogen-bond acceptors (Lipinski definition) is 9. The standard InChI is InChI=1S/C26H30O9/c1-22-15(13-3-4-18(28)32-11-13)6-8-26(22,31)16-5-7-24-10-14-9-17(34-23(2,33-14)35-24)25(24,12-27)19(16)20(29)21(22)30/h3-4,11-12,14-17,19-20,29,31H,5-10H2,1-2H3/t14-,15?,16?,17+,19?,20?,22-,23?,24-,25+,26-/m0/s1. The van der Waals surface area contributed by atoms with E-state index in [-0.39, 0.29) is 6.10 Å². The van der Waals surface area contributed by atoms with E-state index in [0.717, 1.165) is 6.29 Å². The first kappa shape index (κ1) is 22.3. The Labute approximate surface area is 201 Å². The van der Waals surface area contributed by atoms with Crippen LogP contribution in [0.1, 0.15) is 63.9 Å². The molecule has 0 amide bonds. The van der Waals surface area contributed by atoms with Crippen molar-refractivity contribution in [1.29, 1.82) is 0 Å². The predicted molar refractivity (Wildman–Crippen MR) is 117 cm³/mol. The van der Waals surface area contributed by atoms with E-state index in [0.29, 0.717) is 44.1 Å². The largest absolute Gasteiger partial charge is 0.431 e. The summed E-state index contributed by atoms with van der Waals surface area (Å²) in [5.41, 5.74) is -4.77. The second-order valence-corrected chi connectivity index (χ2v) is 11.9. The third kappa shape index (κ3) is 2.31. The highest BCUT2D eigenvalue weighted by molar-refractivity contribution is 5.93. The Morgan fingerprint density at radius 2 is 1.91 bits per heavy atom. The van der Waals surface area contributed by atoms with E-state index in [1.165, 1.54) is 12.3 Å². The van der Waals surface area contributed by atoms with Gasteiger partial charge in [0.1, 0.15) is 12.4 Å². The van der Waals surface area contributed by atoms with Crippen LogP contribution in [0, 0.1) is 22.7 Å². The van der Waals surface area contributed by atoms with Crippen LogP contribution >= 0.6 is 0 Å². The minimum atomic E-state index is -1.47. The van der Waals surface area contributed by atoms with Gasteiger partial charge in [0, 0.05) is 37.7 Å². The number of carbonyl (C=O) groups excluding carboxylic acids is 2. The number of rotatable bonds is 2. The van der Waals surface area contributed by atoms with Crippen LogP contribution in [0.3, 0.4) is 0 Å². The second kappa shape index (κ2) is 6.50. The number of ketones is 1. The van der Waals surface area contributed by atoms with Crippen LogP contribution in [0.5, 0.6) is 0 Å². The van der Waals surface area contributed by atoms with Crippen molar-refractivity contribution < 1.29 is 38.4 Å². The summed E-state index contributed by atoms with van der Waals surface area (Å²) in [6.07, 6.45) is 2.83. The monoisotopic (exact) mass is 486 g/mol. The second-order valence-electron chi connectivity index (χ2n) is 11.9. The summed E-state index contributed by atoms with van der Waals surface area (Å²) in [6.45, 7) is 3.43. The predicted octanol–water partition coefficient (Wildman–Crippen LogP) is 1.43. The van der Waals surface area contributed by atoms with Gasteiger partial charge in [0.05, 0.1) is 40.5 Å². The molecule has 188 valence electrons. The Hall–Kier alpha value is -1.91. The highest BCUT2D eigenvalue weighted by Gasteiger charge is 2.82. The Bertz CT molecular complexity index is 1180. The molecule has 4 saturated carbocycles. The van der Waals surface area contributed by atoms with Gasteiger partial charge in [-0.05, 0) is 50.2 Å². The third-order valence-corrected chi connectivity index (χ3v) is 10.8. The third-order valence-electron chi connectivity index (χ3n) is 10.8. The van der Waals surface area contributed by atoms with Crippen LogP contribution in [0.15, 0.2) is 27.6 Å². The molecular formula is C26H30O9. The molecule has 3 saturated heterocycles. The summed E-state index contributed by atoms with van der Waals surface area (Å²) in [6, 6.07) is 2.93. The van der Waals surface area contributed by atoms with E-state index in [4.69, 9.17) is 18.6 Å². The van der Waals surface area contributed by atoms with Gasteiger partial charge >= 0.3 is 5.63 Å². The molecule has 9 nitrogen and oxygen atoms in total. The molecule has 5 unspecified atom stereocenters. The topological polar surface area (TPSA) is 132 Å². The van der Waals surface area contributed by atoms with Crippen LogP contribution in [0.4, 0.5) is 0 Å². The fraction of sp³-hybridized carbons (Fsp3) is 0.731. The van der Waals surface area contributed by atoms with Gasteiger partial charge in [-0.2, -0.15) is 0 Å². The van der Waals surface area contributed by atoms with Crippen molar-refractivity contribution in [3.63, 3.8) is 0 Å². The van der Waals surface area contributed by atoms with Crippen LogP contribution in [-0.2, 0) is 23.8 Å². The number of ether oxygens (including phenoxy) is 3. The molecule has 8 rings (SSSR count). The zero-order valence-electron chi connectivity index (χ0n) is 19.8. The maximum absolute atomic E-state index is 14.1. The fourth-order valence-electron chi connectivity index (χ4n) is 9.49. The molecule has 7 fully saturated rings. The van der Waals surface area contributed by atoms with Gasteiger partial charge in [0.25, 0.3) is 5.97 Å². The molecule has 4 aliphatic carbocycles. The normalized spacial score (nSPS) is 55.8. The molecule has 11 atom stereocenters. The van der Waals surface area contributed by atoms with E-state index < -0.39 is 69.4 Å². The summed E-state index contributed by atoms with van der Waals surface area (Å²) in [5, 5.41) is 24.1. The molecule has 35 heavy (non-hydrogen) atoms. The number of carbonyl (C=O) groups is 2. The van der Waals surface area contributed by atoms with E-state index in [1.807, 2.05) is 0 Å². The molecule has 1 spiro atoms. The number of aliphatic hydroxyl groups excluding tert-OH is 1. The van der Waals surface area contributed by atoms with Gasteiger partial charge in [-0.25, -0.2) is 4.79 Å². The minimum absolute atomic E-state index is 0.120. The summed E-state index contributed by atoms with van der Waals surface area (Å²) >= 11 is 0. The van der Waals surface area contributed by atoms with Crippen LogP contribution < -0.4 is 5.63 Å². The lowest BCUT2D eigenvalue weighted by atomic mass is 9.39. The number of aldehydes is 1. The van der Waals surface area contributed by atoms with Crippen molar-refractivity contribution >= 4 is 12.1 Å². The summed E-state index contributed by atoms with van der Waals surface area (Å²) in [7, 11) is 0. The average molecular weight is 487 g/mol. The Morgan fingerprint density at radius 3 is 2.60 bits per heavy atom. The molecule has 9 heteroatoms. The summed E-state index contributed by atoms with van der Waals surface area (Å²) < 4.78 is 23.5. The first-order valence-electron chi connectivity index (χ1n) is 12.6. The van der Waals surface area contributed by atoms with Crippen molar-refractivity contribution in [2.45, 2.75) is 93.8 Å². The molecule has 1 aromatic rings. The van der Waals surface area contributed by atoms with Crippen molar-refractivity contribution in [3.05, 3.63) is 34.4 Å². The van der Waals surface area contributed by atoms with Gasteiger partial charge in [0.15, 0.2) is 5.78 Å². The van der Waals surface area contributed by atoms with Gasteiger partial charge < -0.3 is 33.6 Å². The fourth-order valence-corrected chi connectivity index (χ4v) is 9.49. The molecule has 7 aliphatic rings. The Morgan fingerprint density at radius 1 is 1.11 bits per heavy atom. The Kier molecular flexibility index (Phi) is 4.14. The Balaban J connectivity index is 1.37. The summed E-state index contributed by atoms with van der Waals surface area (Å²) in [4.78, 5) is 38.7. The van der Waals surface area contributed by atoms with Crippen LogP contribution in [-0.4, -0.2) is 57.8 Å². The first-order valence-corrected chi connectivity index (χ1v) is 12.6. The number of hydrogen-bond donors (Lipinski definition) is 2. The molecule has 3 aliphatic heterocycles. The summed E-state index contributed by atoms with van der Waals surface area (Å²) in [5.74, 6) is -3.50. The van der Waals surface area contributed by atoms with Gasteiger partial charge in [-0.15, -0.1) is 0 Å². The smallest absolute Gasteiger partial charge is 0.335 e. The number of aliphatic hydroxyl groups is 2. The zero-order chi connectivity index (χ0) is 24.6. The molecule has 1 aromatic heterocycles.